The molecule has 10 heteroatoms. The summed E-state index contributed by atoms with van der Waals surface area (Å²) in [6, 6.07) is 6.11. The second-order valence-electron chi connectivity index (χ2n) is 5.74. The summed E-state index contributed by atoms with van der Waals surface area (Å²) in [6.07, 6.45) is 6.85. The van der Waals surface area contributed by atoms with Crippen molar-refractivity contribution < 1.29 is 39.6 Å². The predicted molar refractivity (Wildman–Crippen MR) is 91.9 cm³/mol. The third kappa shape index (κ3) is 8.10. The molecule has 0 saturated carbocycles. The zero-order chi connectivity index (χ0) is 20.4. The van der Waals surface area contributed by atoms with E-state index >= 15 is 0 Å². The fourth-order valence-electron chi connectivity index (χ4n) is 2.66. The summed E-state index contributed by atoms with van der Waals surface area (Å²) >= 11 is 0. The van der Waals surface area contributed by atoms with E-state index in [9.17, 15) is 0 Å². The minimum absolute atomic E-state index is 0.831. The van der Waals surface area contributed by atoms with Crippen LogP contribution in [0.1, 0.15) is 18.5 Å². The quantitative estimate of drug-likeness (QED) is 0.504. The van der Waals surface area contributed by atoms with Crippen molar-refractivity contribution in [1.82, 2.24) is 9.88 Å². The standard InChI is InChI=1S/C13H16N2.2C2H2O4/c1-2-6-14-13(3-1)9-12-10-15-7-4-11(12)5-8-15;2*3-1(4)2(5)6/h1-3,6,9,11H,4-5,7-8,10H2;2*(H,3,4)(H,5,6). The number of aromatic nitrogens is 1. The first-order valence-electron chi connectivity index (χ1n) is 7.97. The van der Waals surface area contributed by atoms with Crippen LogP contribution >= 0.6 is 0 Å². The zero-order valence-corrected chi connectivity index (χ0v) is 14.3. The van der Waals surface area contributed by atoms with Gasteiger partial charge in [0.2, 0.25) is 0 Å². The van der Waals surface area contributed by atoms with Crippen molar-refractivity contribution in [2.24, 2.45) is 5.92 Å². The number of hydrogen-bond donors (Lipinski definition) is 4. The van der Waals surface area contributed by atoms with Crippen LogP contribution in [-0.4, -0.2) is 73.8 Å². The maximum absolute atomic E-state index is 9.10. The first-order chi connectivity index (χ1) is 12.7. The smallest absolute Gasteiger partial charge is 0.414 e. The minimum atomic E-state index is -1.82. The largest absolute Gasteiger partial charge is 0.473 e. The molecule has 10 nitrogen and oxygen atoms in total. The number of pyridine rings is 1. The van der Waals surface area contributed by atoms with Crippen molar-refractivity contribution in [1.29, 1.82) is 0 Å². The lowest BCUT2D eigenvalue weighted by atomic mass is 9.83. The van der Waals surface area contributed by atoms with E-state index in [1.54, 1.807) is 5.57 Å². The molecule has 0 unspecified atom stereocenters. The molecule has 0 spiro atoms. The summed E-state index contributed by atoms with van der Waals surface area (Å²) in [5, 5.41) is 29.6. The molecule has 0 aliphatic carbocycles. The molecular weight excluding hydrogens is 360 g/mol. The van der Waals surface area contributed by atoms with Gasteiger partial charge < -0.3 is 20.4 Å². The third-order valence-electron chi connectivity index (χ3n) is 3.91. The Balaban J connectivity index is 0.000000256. The number of hydrogen-bond acceptors (Lipinski definition) is 6. The van der Waals surface area contributed by atoms with Crippen LogP contribution in [0.3, 0.4) is 0 Å². The van der Waals surface area contributed by atoms with Gasteiger partial charge in [-0.1, -0.05) is 11.6 Å². The molecule has 1 aromatic heterocycles. The van der Waals surface area contributed by atoms with Gasteiger partial charge in [-0.3, -0.25) is 9.88 Å². The highest BCUT2D eigenvalue weighted by Crippen LogP contribution is 2.32. The third-order valence-corrected chi connectivity index (χ3v) is 3.91. The van der Waals surface area contributed by atoms with E-state index in [1.807, 2.05) is 12.3 Å². The van der Waals surface area contributed by atoms with Gasteiger partial charge in [0.1, 0.15) is 0 Å². The second-order valence-corrected chi connectivity index (χ2v) is 5.74. The molecule has 4 N–H and O–H groups in total. The highest BCUT2D eigenvalue weighted by atomic mass is 16.4. The Bertz CT molecular complexity index is 661. The Morgan fingerprint density at radius 1 is 0.926 bits per heavy atom. The first kappa shape index (κ1) is 21.8. The number of fused-ring (bicyclic) bond motifs is 3. The molecule has 4 heterocycles. The van der Waals surface area contributed by atoms with Crippen molar-refractivity contribution in [2.75, 3.05) is 19.6 Å². The van der Waals surface area contributed by atoms with Gasteiger partial charge in [-0.2, -0.15) is 0 Å². The molecule has 0 atom stereocenters. The number of rotatable bonds is 1. The van der Waals surface area contributed by atoms with Gasteiger partial charge in [0, 0.05) is 12.7 Å². The van der Waals surface area contributed by atoms with Crippen molar-refractivity contribution in [3.8, 4) is 0 Å². The van der Waals surface area contributed by atoms with Gasteiger partial charge in [-0.25, -0.2) is 19.2 Å². The molecule has 27 heavy (non-hydrogen) atoms. The summed E-state index contributed by atoms with van der Waals surface area (Å²) in [4.78, 5) is 43.3. The van der Waals surface area contributed by atoms with Crippen LogP contribution in [0.2, 0.25) is 0 Å². The Labute approximate surface area is 154 Å². The van der Waals surface area contributed by atoms with Crippen LogP contribution in [0.25, 0.3) is 6.08 Å². The number of piperidine rings is 3. The van der Waals surface area contributed by atoms with Crippen LogP contribution in [0.4, 0.5) is 0 Å². The highest BCUT2D eigenvalue weighted by molar-refractivity contribution is 6.27. The number of carboxylic acids is 4. The zero-order valence-electron chi connectivity index (χ0n) is 14.3. The lowest BCUT2D eigenvalue weighted by molar-refractivity contribution is -0.159. The maximum atomic E-state index is 9.10. The van der Waals surface area contributed by atoms with E-state index in [2.05, 4.69) is 28.1 Å². The lowest BCUT2D eigenvalue weighted by Crippen LogP contribution is -2.42. The Morgan fingerprint density at radius 2 is 1.44 bits per heavy atom. The molecule has 3 aliphatic rings. The van der Waals surface area contributed by atoms with Crippen molar-refractivity contribution >= 4 is 30.0 Å². The Hall–Kier alpha value is -3.27. The van der Waals surface area contributed by atoms with E-state index in [0.717, 1.165) is 11.6 Å². The molecule has 1 aromatic rings. The van der Waals surface area contributed by atoms with Gasteiger partial charge >= 0.3 is 23.9 Å². The maximum Gasteiger partial charge on any atom is 0.414 e. The van der Waals surface area contributed by atoms with Gasteiger partial charge in [0.15, 0.2) is 0 Å². The summed E-state index contributed by atoms with van der Waals surface area (Å²) < 4.78 is 0. The Morgan fingerprint density at radius 3 is 1.78 bits per heavy atom. The van der Waals surface area contributed by atoms with Crippen LogP contribution in [0.5, 0.6) is 0 Å². The summed E-state index contributed by atoms with van der Waals surface area (Å²) in [7, 11) is 0. The summed E-state index contributed by atoms with van der Waals surface area (Å²) in [6.45, 7) is 3.76. The fraction of sp³-hybridized carbons (Fsp3) is 0.353. The molecule has 146 valence electrons. The number of carbonyl (C=O) groups is 4. The lowest BCUT2D eigenvalue weighted by Gasteiger charge is -2.41. The number of carboxylic acid groups (broad SMARTS) is 4. The predicted octanol–water partition coefficient (Wildman–Crippen LogP) is 0.502. The van der Waals surface area contributed by atoms with Crippen molar-refractivity contribution in [2.45, 2.75) is 12.8 Å². The second kappa shape index (κ2) is 10.7. The normalized spacial score (nSPS) is 21.1. The molecule has 3 saturated heterocycles. The minimum Gasteiger partial charge on any atom is -0.473 e. The topological polar surface area (TPSA) is 165 Å². The summed E-state index contributed by atoms with van der Waals surface area (Å²) in [5.41, 5.74) is 2.70. The number of nitrogens with zero attached hydrogens (tertiary/aromatic N) is 2. The molecule has 4 rings (SSSR count). The Kier molecular flexibility index (Phi) is 8.60. The van der Waals surface area contributed by atoms with E-state index in [-0.39, 0.29) is 0 Å². The van der Waals surface area contributed by atoms with E-state index < -0.39 is 23.9 Å². The van der Waals surface area contributed by atoms with Gasteiger partial charge in [-0.05, 0) is 50.1 Å². The van der Waals surface area contributed by atoms with E-state index in [4.69, 9.17) is 39.6 Å². The SMILES string of the molecule is C(=C1CN2CCC1CC2)c1ccccn1.O=C(O)C(=O)O.O=C(O)C(=O)O. The van der Waals surface area contributed by atoms with E-state index in [1.165, 1.54) is 32.5 Å². The average Bonchev–Trinajstić information content (AvgIpc) is 2.64. The van der Waals surface area contributed by atoms with Crippen LogP contribution in [-0.2, 0) is 19.2 Å². The molecule has 0 aromatic carbocycles. The van der Waals surface area contributed by atoms with Crippen molar-refractivity contribution in [3.63, 3.8) is 0 Å². The average molecular weight is 380 g/mol. The van der Waals surface area contributed by atoms with Crippen LogP contribution in [0, 0.1) is 5.92 Å². The van der Waals surface area contributed by atoms with E-state index in [0.29, 0.717) is 0 Å². The molecule has 3 fully saturated rings. The molecule has 3 aliphatic heterocycles. The van der Waals surface area contributed by atoms with Gasteiger partial charge in [-0.15, -0.1) is 0 Å². The molecule has 0 radical (unpaired) electrons. The molecule has 0 amide bonds. The molecule has 2 bridgehead atoms. The highest BCUT2D eigenvalue weighted by Gasteiger charge is 2.29. The van der Waals surface area contributed by atoms with Crippen molar-refractivity contribution in [3.05, 3.63) is 35.7 Å². The monoisotopic (exact) mass is 380 g/mol. The van der Waals surface area contributed by atoms with Gasteiger partial charge in [0.05, 0.1) is 5.69 Å². The number of aliphatic carboxylic acids is 4. The fourth-order valence-corrected chi connectivity index (χ4v) is 2.66. The molecular formula is C17H20N2O8. The first-order valence-corrected chi connectivity index (χ1v) is 7.97. The van der Waals surface area contributed by atoms with Crippen LogP contribution in [0.15, 0.2) is 30.0 Å². The van der Waals surface area contributed by atoms with Crippen LogP contribution < -0.4 is 0 Å². The summed E-state index contributed by atoms with van der Waals surface area (Å²) in [5.74, 6) is -6.47. The van der Waals surface area contributed by atoms with Gasteiger partial charge in [0.25, 0.3) is 0 Å².